The lowest BCUT2D eigenvalue weighted by atomic mass is 10.0. The van der Waals surface area contributed by atoms with Gasteiger partial charge in [-0.15, -0.1) is 0 Å². The zero-order chi connectivity index (χ0) is 20.7. The number of aryl methyl sites for hydroxylation is 1. The fourth-order valence-electron chi connectivity index (χ4n) is 3.20. The SMILES string of the molecule is Cc1ccc(-c2noc(C3CNC3)n2)cc1NC(=O)Nc1cnc2cc(F)ccn12. The largest absolute Gasteiger partial charge is 0.339 e. The molecule has 4 heterocycles. The van der Waals surface area contributed by atoms with Gasteiger partial charge < -0.3 is 15.2 Å². The van der Waals surface area contributed by atoms with Gasteiger partial charge in [0.1, 0.15) is 17.3 Å². The first kappa shape index (κ1) is 18.3. The van der Waals surface area contributed by atoms with Gasteiger partial charge in [0.05, 0.1) is 12.1 Å². The van der Waals surface area contributed by atoms with Crippen LogP contribution in [0.4, 0.5) is 20.7 Å². The molecule has 0 aliphatic carbocycles. The van der Waals surface area contributed by atoms with Crippen LogP contribution in [0.5, 0.6) is 0 Å². The van der Waals surface area contributed by atoms with Crippen LogP contribution in [0.25, 0.3) is 17.0 Å². The molecule has 10 heteroatoms. The van der Waals surface area contributed by atoms with Gasteiger partial charge >= 0.3 is 6.03 Å². The Bertz CT molecular complexity index is 1250. The predicted octanol–water partition coefficient (Wildman–Crippen LogP) is 3.16. The summed E-state index contributed by atoms with van der Waals surface area (Å²) in [5.41, 5.74) is 2.63. The number of amides is 2. The highest BCUT2D eigenvalue weighted by atomic mass is 19.1. The third-order valence-electron chi connectivity index (χ3n) is 5.03. The highest BCUT2D eigenvalue weighted by Gasteiger charge is 2.25. The number of pyridine rings is 1. The Hall–Kier alpha value is -3.79. The fraction of sp³-hybridized carbons (Fsp3) is 0.200. The Morgan fingerprint density at radius 1 is 1.27 bits per heavy atom. The van der Waals surface area contributed by atoms with Crippen molar-refractivity contribution < 1.29 is 13.7 Å². The van der Waals surface area contributed by atoms with Gasteiger partial charge in [-0.05, 0) is 24.6 Å². The number of anilines is 2. The van der Waals surface area contributed by atoms with Gasteiger partial charge in [-0.3, -0.25) is 9.72 Å². The van der Waals surface area contributed by atoms with Crippen LogP contribution in [0.1, 0.15) is 17.4 Å². The monoisotopic (exact) mass is 407 g/mol. The number of nitrogens with zero attached hydrogens (tertiary/aromatic N) is 4. The van der Waals surface area contributed by atoms with E-state index in [9.17, 15) is 9.18 Å². The van der Waals surface area contributed by atoms with Crippen molar-refractivity contribution in [2.24, 2.45) is 0 Å². The number of carbonyl (C=O) groups is 1. The van der Waals surface area contributed by atoms with Crippen molar-refractivity contribution in [3.8, 4) is 11.4 Å². The highest BCUT2D eigenvalue weighted by Crippen LogP contribution is 2.26. The summed E-state index contributed by atoms with van der Waals surface area (Å²) in [5.74, 6) is 1.37. The first-order valence-corrected chi connectivity index (χ1v) is 9.43. The van der Waals surface area contributed by atoms with E-state index in [0.717, 1.165) is 24.2 Å². The summed E-state index contributed by atoms with van der Waals surface area (Å²) in [4.78, 5) is 21.1. The molecule has 152 valence electrons. The molecule has 2 amide bonds. The predicted molar refractivity (Wildman–Crippen MR) is 108 cm³/mol. The van der Waals surface area contributed by atoms with Crippen molar-refractivity contribution in [1.29, 1.82) is 0 Å². The summed E-state index contributed by atoms with van der Waals surface area (Å²) in [6.07, 6.45) is 2.97. The summed E-state index contributed by atoms with van der Waals surface area (Å²) < 4.78 is 20.3. The Kier molecular flexibility index (Phi) is 4.40. The van der Waals surface area contributed by atoms with Gasteiger partial charge in [-0.2, -0.15) is 4.98 Å². The van der Waals surface area contributed by atoms with Crippen LogP contribution in [-0.4, -0.2) is 38.6 Å². The summed E-state index contributed by atoms with van der Waals surface area (Å²) >= 11 is 0. The number of rotatable bonds is 4. The van der Waals surface area contributed by atoms with Gasteiger partial charge in [0.2, 0.25) is 11.7 Å². The second-order valence-electron chi connectivity index (χ2n) is 7.14. The molecule has 0 saturated carbocycles. The molecule has 30 heavy (non-hydrogen) atoms. The van der Waals surface area contributed by atoms with Gasteiger partial charge in [-0.25, -0.2) is 14.2 Å². The molecule has 1 aromatic carbocycles. The molecule has 1 aliphatic rings. The summed E-state index contributed by atoms with van der Waals surface area (Å²) in [6, 6.07) is 7.69. The zero-order valence-corrected chi connectivity index (χ0v) is 16.0. The Labute approximate surface area is 170 Å². The number of benzene rings is 1. The molecule has 1 aliphatic heterocycles. The second kappa shape index (κ2) is 7.23. The van der Waals surface area contributed by atoms with Gasteiger partial charge in [0, 0.05) is 36.6 Å². The van der Waals surface area contributed by atoms with Crippen LogP contribution in [0, 0.1) is 12.7 Å². The van der Waals surface area contributed by atoms with Crippen LogP contribution < -0.4 is 16.0 Å². The highest BCUT2D eigenvalue weighted by molar-refractivity contribution is 6.00. The maximum atomic E-state index is 13.3. The van der Waals surface area contributed by atoms with Crippen LogP contribution in [0.2, 0.25) is 0 Å². The number of aromatic nitrogens is 4. The first-order valence-electron chi connectivity index (χ1n) is 9.43. The number of urea groups is 1. The number of carbonyl (C=O) groups excluding carboxylic acids is 1. The molecule has 0 radical (unpaired) electrons. The van der Waals surface area contributed by atoms with Crippen molar-refractivity contribution in [3.05, 3.63) is 60.0 Å². The number of hydrogen-bond donors (Lipinski definition) is 3. The number of imidazole rings is 1. The van der Waals surface area contributed by atoms with Crippen molar-refractivity contribution in [3.63, 3.8) is 0 Å². The van der Waals surface area contributed by atoms with Crippen molar-refractivity contribution >= 4 is 23.2 Å². The molecular formula is C20H18FN7O2. The molecule has 3 N–H and O–H groups in total. The van der Waals surface area contributed by atoms with Gasteiger partial charge in [0.15, 0.2) is 0 Å². The molecule has 3 aromatic heterocycles. The summed E-state index contributed by atoms with van der Waals surface area (Å²) in [7, 11) is 0. The van der Waals surface area contributed by atoms with E-state index in [1.165, 1.54) is 24.5 Å². The number of halogens is 1. The molecule has 1 fully saturated rings. The normalized spacial score (nSPS) is 13.9. The molecule has 9 nitrogen and oxygen atoms in total. The van der Waals surface area contributed by atoms with Crippen molar-refractivity contribution in [2.45, 2.75) is 12.8 Å². The Morgan fingerprint density at radius 3 is 2.93 bits per heavy atom. The van der Waals surface area contributed by atoms with Gasteiger partial charge in [-0.1, -0.05) is 17.3 Å². The third kappa shape index (κ3) is 3.37. The average Bonchev–Trinajstić information content (AvgIpc) is 3.30. The minimum Gasteiger partial charge on any atom is -0.339 e. The molecule has 0 atom stereocenters. The average molecular weight is 407 g/mol. The lowest BCUT2D eigenvalue weighted by molar-refractivity contribution is 0.262. The second-order valence-corrected chi connectivity index (χ2v) is 7.14. The molecule has 1 saturated heterocycles. The molecule has 0 bridgehead atoms. The quantitative estimate of drug-likeness (QED) is 0.479. The van der Waals surface area contributed by atoms with E-state index in [1.54, 1.807) is 10.5 Å². The van der Waals surface area contributed by atoms with E-state index >= 15 is 0 Å². The fourth-order valence-corrected chi connectivity index (χ4v) is 3.20. The first-order chi connectivity index (χ1) is 14.6. The van der Waals surface area contributed by atoms with Crippen LogP contribution in [-0.2, 0) is 0 Å². The maximum Gasteiger partial charge on any atom is 0.324 e. The number of fused-ring (bicyclic) bond motifs is 1. The Morgan fingerprint density at radius 2 is 2.13 bits per heavy atom. The molecule has 5 rings (SSSR count). The molecule has 0 spiro atoms. The summed E-state index contributed by atoms with van der Waals surface area (Å²) in [5, 5.41) is 12.8. The van der Waals surface area contributed by atoms with E-state index in [4.69, 9.17) is 4.52 Å². The lowest BCUT2D eigenvalue weighted by Gasteiger charge is -2.22. The molecule has 0 unspecified atom stereocenters. The van der Waals surface area contributed by atoms with Crippen molar-refractivity contribution in [1.82, 2.24) is 24.8 Å². The minimum atomic E-state index is -0.448. The molecular weight excluding hydrogens is 389 g/mol. The smallest absolute Gasteiger partial charge is 0.324 e. The minimum absolute atomic E-state index is 0.249. The van der Waals surface area contributed by atoms with Crippen LogP contribution in [0.3, 0.4) is 0 Å². The Balaban J connectivity index is 1.34. The van der Waals surface area contributed by atoms with E-state index in [-0.39, 0.29) is 5.92 Å². The van der Waals surface area contributed by atoms with E-state index in [2.05, 4.69) is 31.1 Å². The third-order valence-corrected chi connectivity index (χ3v) is 5.03. The van der Waals surface area contributed by atoms with Gasteiger partial charge in [0.25, 0.3) is 0 Å². The van der Waals surface area contributed by atoms with Crippen LogP contribution >= 0.6 is 0 Å². The van der Waals surface area contributed by atoms with E-state index in [1.807, 2.05) is 19.1 Å². The zero-order valence-electron chi connectivity index (χ0n) is 16.0. The van der Waals surface area contributed by atoms with Crippen molar-refractivity contribution in [2.75, 3.05) is 23.7 Å². The van der Waals surface area contributed by atoms with Crippen LogP contribution in [0.15, 0.2) is 47.2 Å². The maximum absolute atomic E-state index is 13.3. The van der Waals surface area contributed by atoms with E-state index < -0.39 is 11.8 Å². The standard InChI is InChI=1S/C20H18FN7O2/c1-11-2-3-12(18-26-19(30-27-18)13-8-22-9-13)6-15(11)24-20(29)25-17-10-23-16-7-14(21)4-5-28(16)17/h2-7,10,13,22H,8-9H2,1H3,(H2,24,25,29). The topological polar surface area (TPSA) is 109 Å². The number of hydrogen-bond acceptors (Lipinski definition) is 6. The summed E-state index contributed by atoms with van der Waals surface area (Å²) in [6.45, 7) is 3.55. The lowest BCUT2D eigenvalue weighted by Crippen LogP contribution is -2.40. The number of nitrogens with one attached hydrogen (secondary N) is 3. The van der Waals surface area contributed by atoms with E-state index in [0.29, 0.717) is 28.9 Å². The molecule has 4 aromatic rings.